The highest BCUT2D eigenvalue weighted by Gasteiger charge is 2.39. The Morgan fingerprint density at radius 3 is 2.60 bits per heavy atom. The van der Waals surface area contributed by atoms with Gasteiger partial charge in [0.1, 0.15) is 23.4 Å². The lowest BCUT2D eigenvalue weighted by molar-refractivity contribution is -0.138. The first-order valence-electron chi connectivity index (χ1n) is 13.4. The van der Waals surface area contributed by atoms with Crippen molar-refractivity contribution in [1.82, 2.24) is 24.8 Å². The van der Waals surface area contributed by atoms with Crippen molar-refractivity contribution >= 4 is 56.9 Å². The van der Waals surface area contributed by atoms with E-state index in [-0.39, 0.29) is 5.91 Å². The molecule has 212 valence electrons. The monoisotopic (exact) mass is 659 g/mol. The molecule has 5 rings (SSSR count). The van der Waals surface area contributed by atoms with Crippen LogP contribution < -0.4 is 10.2 Å². The van der Waals surface area contributed by atoms with Gasteiger partial charge in [-0.05, 0) is 36.6 Å². The lowest BCUT2D eigenvalue weighted by atomic mass is 9.90. The highest BCUT2D eigenvalue weighted by molar-refractivity contribution is 14.1. The molecule has 0 spiro atoms. The Bertz CT molecular complexity index is 1360. The van der Waals surface area contributed by atoms with E-state index in [4.69, 9.17) is 4.74 Å². The zero-order valence-corrected chi connectivity index (χ0v) is 24.6. The Morgan fingerprint density at radius 1 is 1.18 bits per heavy atom. The fourth-order valence-corrected chi connectivity index (χ4v) is 5.25. The molecular weight excluding hydrogens is 625 g/mol. The molecule has 1 aromatic carbocycles. The first-order valence-corrected chi connectivity index (χ1v) is 14.9. The number of morpholine rings is 1. The smallest absolute Gasteiger partial charge is 0.256 e. The third-order valence-electron chi connectivity index (χ3n) is 7.45. The predicted octanol–water partition coefficient (Wildman–Crippen LogP) is 2.63. The lowest BCUT2D eigenvalue weighted by Crippen LogP contribution is -2.51. The molecule has 0 bridgehead atoms. The largest absolute Gasteiger partial charge is 0.380 e. The molecule has 3 N–H and O–H groups in total. The fourth-order valence-electron chi connectivity index (χ4n) is 4.91. The van der Waals surface area contributed by atoms with E-state index in [0.29, 0.717) is 55.9 Å². The minimum absolute atomic E-state index is 0.0377. The van der Waals surface area contributed by atoms with Crippen LogP contribution in [0.1, 0.15) is 12.8 Å². The Labute approximate surface area is 246 Å². The van der Waals surface area contributed by atoms with Gasteiger partial charge in [-0.2, -0.15) is 0 Å². The number of amides is 2. The van der Waals surface area contributed by atoms with Crippen LogP contribution in [0.5, 0.6) is 0 Å². The number of anilines is 2. The first kappa shape index (κ1) is 28.5. The van der Waals surface area contributed by atoms with Gasteiger partial charge in [0.05, 0.1) is 23.2 Å². The van der Waals surface area contributed by atoms with Gasteiger partial charge in [-0.15, -0.1) is 0 Å². The molecule has 0 atom stereocenters. The SMILES string of the molecule is CN(CI)C(=O)/C=C/CN1CCC(O)(C(=O)Nc2ccc(-c3cc4c(N5CCOCC5)ncnc4[nH]3)cc2)CC1. The highest BCUT2D eigenvalue weighted by atomic mass is 127. The van der Waals surface area contributed by atoms with Crippen molar-refractivity contribution in [2.45, 2.75) is 18.4 Å². The second-order valence-corrected chi connectivity index (χ2v) is 10.8. The molecule has 2 saturated heterocycles. The van der Waals surface area contributed by atoms with Crippen LogP contribution in [-0.2, 0) is 14.3 Å². The Hall–Kier alpha value is -3.07. The van der Waals surface area contributed by atoms with E-state index in [1.807, 2.05) is 30.3 Å². The summed E-state index contributed by atoms with van der Waals surface area (Å²) in [5.74, 6) is 0.460. The molecular formula is C28H34IN7O4. The minimum Gasteiger partial charge on any atom is -0.380 e. The van der Waals surface area contributed by atoms with Gasteiger partial charge in [-0.25, -0.2) is 9.97 Å². The number of H-pyrrole nitrogens is 1. The molecule has 0 unspecified atom stereocenters. The number of alkyl halides is 1. The first-order chi connectivity index (χ1) is 19.4. The number of hydrogen-bond donors (Lipinski definition) is 3. The summed E-state index contributed by atoms with van der Waals surface area (Å²) < 4.78 is 6.10. The third-order valence-corrected chi connectivity index (χ3v) is 8.48. The number of carbonyl (C=O) groups is 2. The third kappa shape index (κ3) is 6.45. The van der Waals surface area contributed by atoms with Crippen molar-refractivity contribution in [1.29, 1.82) is 0 Å². The van der Waals surface area contributed by atoms with E-state index < -0.39 is 11.5 Å². The number of benzene rings is 1. The van der Waals surface area contributed by atoms with Crippen LogP contribution in [0.15, 0.2) is 48.8 Å². The van der Waals surface area contributed by atoms with Crippen molar-refractivity contribution in [3.8, 4) is 11.3 Å². The number of hydrogen-bond acceptors (Lipinski definition) is 8. The van der Waals surface area contributed by atoms with Crippen LogP contribution in [0.4, 0.5) is 11.5 Å². The average molecular weight is 660 g/mol. The van der Waals surface area contributed by atoms with Crippen molar-refractivity contribution in [2.75, 3.05) is 67.8 Å². The maximum atomic E-state index is 13.0. The van der Waals surface area contributed by atoms with Gasteiger partial charge in [0, 0.05) is 57.2 Å². The summed E-state index contributed by atoms with van der Waals surface area (Å²) in [4.78, 5) is 43.2. The molecule has 40 heavy (non-hydrogen) atoms. The van der Waals surface area contributed by atoms with E-state index in [0.717, 1.165) is 41.2 Å². The lowest BCUT2D eigenvalue weighted by Gasteiger charge is -2.36. The molecule has 3 aromatic rings. The highest BCUT2D eigenvalue weighted by Crippen LogP contribution is 2.30. The molecule has 2 aliphatic heterocycles. The van der Waals surface area contributed by atoms with Crippen molar-refractivity contribution in [3.05, 3.63) is 48.8 Å². The van der Waals surface area contributed by atoms with Gasteiger partial charge in [0.15, 0.2) is 0 Å². The number of fused-ring (bicyclic) bond motifs is 1. The molecule has 2 amide bonds. The second-order valence-electron chi connectivity index (χ2n) is 10.2. The Morgan fingerprint density at radius 2 is 1.90 bits per heavy atom. The molecule has 11 nitrogen and oxygen atoms in total. The molecule has 0 saturated carbocycles. The molecule has 2 fully saturated rings. The van der Waals surface area contributed by atoms with Gasteiger partial charge in [0.25, 0.3) is 5.91 Å². The van der Waals surface area contributed by atoms with E-state index in [9.17, 15) is 14.7 Å². The summed E-state index contributed by atoms with van der Waals surface area (Å²) in [5.41, 5.74) is 1.82. The summed E-state index contributed by atoms with van der Waals surface area (Å²) in [6.45, 7) is 4.69. The number of carbonyl (C=O) groups excluding carboxylic acids is 2. The van der Waals surface area contributed by atoms with Crippen molar-refractivity contribution < 1.29 is 19.4 Å². The number of rotatable bonds is 8. The van der Waals surface area contributed by atoms with E-state index >= 15 is 0 Å². The number of nitrogens with one attached hydrogen (secondary N) is 2. The topological polar surface area (TPSA) is 127 Å². The molecule has 2 aromatic heterocycles. The van der Waals surface area contributed by atoms with Gasteiger partial charge in [-0.1, -0.05) is 40.8 Å². The number of nitrogens with zero attached hydrogens (tertiary/aromatic N) is 5. The number of aliphatic hydroxyl groups is 1. The molecule has 0 aliphatic carbocycles. The van der Waals surface area contributed by atoms with E-state index in [1.165, 1.54) is 0 Å². The standard InChI is InChI=1S/C28H34IN7O4/c1-34(18-29)24(37)3-2-10-35-11-8-28(39,9-12-35)27(38)32-21-6-4-20(5-7-21)23-17-22-25(33-23)30-19-31-26(22)36-13-15-40-16-14-36/h2-7,17,19,39H,8-16,18H2,1H3,(H,32,38)(H,30,31,33)/b3-2+. The summed E-state index contributed by atoms with van der Waals surface area (Å²) in [6, 6.07) is 9.58. The van der Waals surface area contributed by atoms with Crippen LogP contribution in [0.3, 0.4) is 0 Å². The van der Waals surface area contributed by atoms with Crippen LogP contribution in [0.25, 0.3) is 22.3 Å². The van der Waals surface area contributed by atoms with Crippen LogP contribution in [0.2, 0.25) is 0 Å². The molecule has 4 heterocycles. The zero-order valence-electron chi connectivity index (χ0n) is 22.5. The number of likely N-dealkylation sites (N-methyl/N-ethyl adjacent to an activating group) is 1. The normalized spacial score (nSPS) is 17.8. The number of halogens is 1. The Kier molecular flexibility index (Phi) is 8.98. The maximum absolute atomic E-state index is 13.0. The quantitative estimate of drug-likeness (QED) is 0.146. The zero-order chi connectivity index (χ0) is 28.1. The van der Waals surface area contributed by atoms with Gasteiger partial charge < -0.3 is 29.9 Å². The average Bonchev–Trinajstić information content (AvgIpc) is 3.43. The number of ether oxygens (including phenoxy) is 1. The summed E-state index contributed by atoms with van der Waals surface area (Å²) in [5, 5.41) is 14.9. The summed E-state index contributed by atoms with van der Waals surface area (Å²) in [7, 11) is 1.76. The number of aromatic nitrogens is 3. The van der Waals surface area contributed by atoms with Crippen molar-refractivity contribution in [3.63, 3.8) is 0 Å². The Balaban J connectivity index is 1.18. The van der Waals surface area contributed by atoms with Crippen LogP contribution in [0, 0.1) is 0 Å². The summed E-state index contributed by atoms with van der Waals surface area (Å²) >= 11 is 2.14. The van der Waals surface area contributed by atoms with Gasteiger partial charge >= 0.3 is 0 Å². The van der Waals surface area contributed by atoms with Gasteiger partial charge in [0.2, 0.25) is 5.91 Å². The van der Waals surface area contributed by atoms with Crippen LogP contribution >= 0.6 is 22.6 Å². The van der Waals surface area contributed by atoms with Crippen LogP contribution in [-0.4, -0.2) is 105 Å². The summed E-state index contributed by atoms with van der Waals surface area (Å²) in [6.07, 6.45) is 5.63. The number of aromatic amines is 1. The molecule has 2 aliphatic rings. The minimum atomic E-state index is -1.43. The number of likely N-dealkylation sites (tertiary alicyclic amines) is 1. The fraction of sp³-hybridized carbons (Fsp3) is 0.429. The van der Waals surface area contributed by atoms with Gasteiger partial charge in [-0.3, -0.25) is 14.5 Å². The maximum Gasteiger partial charge on any atom is 0.256 e. The number of piperidine rings is 1. The predicted molar refractivity (Wildman–Crippen MR) is 162 cm³/mol. The van der Waals surface area contributed by atoms with Crippen molar-refractivity contribution in [2.24, 2.45) is 0 Å². The van der Waals surface area contributed by atoms with E-state index in [2.05, 4.69) is 58.7 Å². The van der Waals surface area contributed by atoms with E-state index in [1.54, 1.807) is 24.4 Å². The second kappa shape index (κ2) is 12.6. The molecule has 0 radical (unpaired) electrons. The molecule has 12 heteroatoms.